The van der Waals surface area contributed by atoms with E-state index in [0.29, 0.717) is 45.0 Å². The maximum Gasteiger partial charge on any atom is 0.164 e. The van der Waals surface area contributed by atoms with Crippen LogP contribution in [-0.4, -0.2) is 32.0 Å². The lowest BCUT2D eigenvalue weighted by molar-refractivity contribution is 0.273. The SMILES string of the molecule is COc1c(C#N)cc(-c2nn(C3Cc4ccccc4C3)c3ncnc(N)c23)cc1CO. The molecule has 5 rings (SSSR count). The highest BCUT2D eigenvalue weighted by molar-refractivity contribution is 5.98. The normalized spacial score (nSPS) is 13.3. The van der Waals surface area contributed by atoms with Gasteiger partial charge in [-0.1, -0.05) is 24.3 Å². The van der Waals surface area contributed by atoms with Crippen molar-refractivity contribution in [2.45, 2.75) is 25.5 Å². The van der Waals surface area contributed by atoms with E-state index in [4.69, 9.17) is 15.6 Å². The van der Waals surface area contributed by atoms with Gasteiger partial charge in [0.15, 0.2) is 5.65 Å². The number of hydrogen-bond donors (Lipinski definition) is 2. The summed E-state index contributed by atoms with van der Waals surface area (Å²) in [6.07, 6.45) is 3.14. The topological polar surface area (TPSA) is 123 Å². The van der Waals surface area contributed by atoms with Gasteiger partial charge >= 0.3 is 0 Å². The molecule has 1 aliphatic rings. The molecule has 0 fully saturated rings. The van der Waals surface area contributed by atoms with Gasteiger partial charge in [-0.05, 0) is 36.1 Å². The number of nitriles is 1. The Bertz CT molecular complexity index is 1330. The van der Waals surface area contributed by atoms with E-state index in [1.165, 1.54) is 24.6 Å². The number of methoxy groups -OCH3 is 1. The van der Waals surface area contributed by atoms with Crippen LogP contribution in [0.2, 0.25) is 0 Å². The zero-order chi connectivity index (χ0) is 21.5. The van der Waals surface area contributed by atoms with Crippen LogP contribution in [0.5, 0.6) is 5.75 Å². The predicted molar refractivity (Wildman–Crippen MR) is 115 cm³/mol. The minimum absolute atomic E-state index is 0.106. The number of fused-ring (bicyclic) bond motifs is 2. The van der Waals surface area contributed by atoms with Crippen molar-refractivity contribution in [3.05, 3.63) is 65.0 Å². The van der Waals surface area contributed by atoms with Crippen LogP contribution in [0.15, 0.2) is 42.7 Å². The second-order valence-electron chi connectivity index (χ2n) is 7.57. The molecule has 0 atom stereocenters. The van der Waals surface area contributed by atoms with Gasteiger partial charge in [-0.25, -0.2) is 14.6 Å². The highest BCUT2D eigenvalue weighted by Gasteiger charge is 2.28. The second kappa shape index (κ2) is 7.38. The molecule has 8 nitrogen and oxygen atoms in total. The summed E-state index contributed by atoms with van der Waals surface area (Å²) < 4.78 is 7.24. The maximum atomic E-state index is 9.82. The van der Waals surface area contributed by atoms with Crippen LogP contribution in [0.1, 0.15) is 28.3 Å². The summed E-state index contributed by atoms with van der Waals surface area (Å²) in [6, 6.07) is 14.1. The van der Waals surface area contributed by atoms with Gasteiger partial charge in [0.05, 0.1) is 30.7 Å². The minimum atomic E-state index is -0.270. The van der Waals surface area contributed by atoms with E-state index in [2.05, 4.69) is 28.2 Å². The molecule has 0 saturated carbocycles. The van der Waals surface area contributed by atoms with Gasteiger partial charge in [0, 0.05) is 11.1 Å². The maximum absolute atomic E-state index is 9.82. The highest BCUT2D eigenvalue weighted by atomic mass is 16.5. The molecular weight excluding hydrogens is 392 g/mol. The summed E-state index contributed by atoms with van der Waals surface area (Å²) in [5.74, 6) is 0.676. The number of benzene rings is 2. The zero-order valence-corrected chi connectivity index (χ0v) is 16.9. The predicted octanol–water partition coefficient (Wildman–Crippen LogP) is 2.79. The van der Waals surface area contributed by atoms with Crippen molar-refractivity contribution in [3.63, 3.8) is 0 Å². The van der Waals surface area contributed by atoms with Crippen LogP contribution in [0, 0.1) is 11.3 Å². The first-order chi connectivity index (χ1) is 15.1. The molecule has 0 unspecified atom stereocenters. The molecule has 31 heavy (non-hydrogen) atoms. The van der Waals surface area contributed by atoms with Crippen LogP contribution in [0.3, 0.4) is 0 Å². The Hall–Kier alpha value is -3.96. The fourth-order valence-electron chi connectivity index (χ4n) is 4.43. The Balaban J connectivity index is 1.71. The number of aliphatic hydroxyl groups excluding tert-OH is 1. The molecule has 0 bridgehead atoms. The first-order valence-electron chi connectivity index (χ1n) is 9.92. The first-order valence-corrected chi connectivity index (χ1v) is 9.92. The van der Waals surface area contributed by atoms with E-state index in [1.54, 1.807) is 12.1 Å². The van der Waals surface area contributed by atoms with Gasteiger partial charge in [0.2, 0.25) is 0 Å². The van der Waals surface area contributed by atoms with Crippen LogP contribution < -0.4 is 10.5 Å². The number of anilines is 1. The fraction of sp³-hybridized carbons (Fsp3) is 0.217. The van der Waals surface area contributed by atoms with Crippen molar-refractivity contribution in [2.24, 2.45) is 0 Å². The lowest BCUT2D eigenvalue weighted by Gasteiger charge is -2.11. The standard InChI is InChI=1S/C23H20N6O2/c1-31-21-16(10-24)6-15(7-17(21)11-30)20-19-22(25)26-12-27-23(19)29(28-20)18-8-13-4-2-3-5-14(13)9-18/h2-7,12,18,30H,8-9,11H2,1H3,(H2,25,26,27). The molecule has 1 aliphatic carbocycles. The van der Waals surface area contributed by atoms with Gasteiger partial charge in [0.1, 0.15) is 29.7 Å². The molecule has 4 aromatic rings. The number of nitrogens with two attached hydrogens (primary N) is 1. The number of aromatic nitrogens is 4. The summed E-state index contributed by atoms with van der Waals surface area (Å²) in [6.45, 7) is -0.270. The van der Waals surface area contributed by atoms with Gasteiger partial charge in [-0.2, -0.15) is 10.4 Å². The van der Waals surface area contributed by atoms with Gasteiger partial charge in [-0.3, -0.25) is 0 Å². The number of rotatable bonds is 4. The molecule has 0 saturated heterocycles. The second-order valence-corrected chi connectivity index (χ2v) is 7.57. The summed E-state index contributed by atoms with van der Waals surface area (Å²) in [4.78, 5) is 8.65. The zero-order valence-electron chi connectivity index (χ0n) is 16.9. The third-order valence-electron chi connectivity index (χ3n) is 5.83. The Morgan fingerprint density at radius 2 is 1.97 bits per heavy atom. The van der Waals surface area contributed by atoms with Crippen LogP contribution in [0.4, 0.5) is 5.82 Å². The van der Waals surface area contributed by atoms with Gasteiger partial charge in [-0.15, -0.1) is 0 Å². The molecule has 3 N–H and O–H groups in total. The molecule has 0 amide bonds. The Kier molecular flexibility index (Phi) is 4.53. The summed E-state index contributed by atoms with van der Waals surface area (Å²) in [5.41, 5.74) is 11.6. The molecule has 2 heterocycles. The number of nitrogens with zero attached hydrogens (tertiary/aromatic N) is 5. The Morgan fingerprint density at radius 3 is 2.61 bits per heavy atom. The van der Waals surface area contributed by atoms with Crippen LogP contribution in [0.25, 0.3) is 22.3 Å². The van der Waals surface area contributed by atoms with E-state index in [-0.39, 0.29) is 12.6 Å². The average Bonchev–Trinajstić information content (AvgIpc) is 3.40. The molecule has 154 valence electrons. The number of ether oxygens (including phenoxy) is 1. The van der Waals surface area contributed by atoms with Crippen molar-refractivity contribution in [1.29, 1.82) is 5.26 Å². The Morgan fingerprint density at radius 1 is 1.23 bits per heavy atom. The van der Waals surface area contributed by atoms with E-state index in [1.807, 2.05) is 16.8 Å². The smallest absolute Gasteiger partial charge is 0.164 e. The quantitative estimate of drug-likeness (QED) is 0.528. The van der Waals surface area contributed by atoms with Crippen molar-refractivity contribution in [1.82, 2.24) is 19.7 Å². The van der Waals surface area contributed by atoms with E-state index in [9.17, 15) is 10.4 Å². The summed E-state index contributed by atoms with van der Waals surface area (Å²) in [7, 11) is 1.47. The van der Waals surface area contributed by atoms with Crippen LogP contribution >= 0.6 is 0 Å². The molecule has 8 heteroatoms. The molecule has 0 aliphatic heterocycles. The number of aliphatic hydroxyl groups is 1. The Labute approximate surface area is 178 Å². The monoisotopic (exact) mass is 412 g/mol. The molecule has 2 aromatic heterocycles. The van der Waals surface area contributed by atoms with Gasteiger partial charge < -0.3 is 15.6 Å². The number of hydrogen-bond acceptors (Lipinski definition) is 7. The molecule has 2 aromatic carbocycles. The summed E-state index contributed by atoms with van der Waals surface area (Å²) >= 11 is 0. The van der Waals surface area contributed by atoms with Crippen molar-refractivity contribution >= 4 is 16.9 Å². The molecular formula is C23H20N6O2. The highest BCUT2D eigenvalue weighted by Crippen LogP contribution is 2.38. The fourth-order valence-corrected chi connectivity index (χ4v) is 4.43. The van der Waals surface area contributed by atoms with E-state index >= 15 is 0 Å². The molecule has 0 radical (unpaired) electrons. The van der Waals surface area contributed by atoms with Crippen molar-refractivity contribution in [3.8, 4) is 23.1 Å². The summed E-state index contributed by atoms with van der Waals surface area (Å²) in [5, 5.41) is 25.0. The van der Waals surface area contributed by atoms with E-state index in [0.717, 1.165) is 12.8 Å². The lowest BCUT2D eigenvalue weighted by atomic mass is 10.0. The van der Waals surface area contributed by atoms with Crippen molar-refractivity contribution < 1.29 is 9.84 Å². The first kappa shape index (κ1) is 19.0. The number of nitrogen functional groups attached to an aromatic ring is 1. The third-order valence-corrected chi connectivity index (χ3v) is 5.83. The van der Waals surface area contributed by atoms with Gasteiger partial charge in [0.25, 0.3) is 0 Å². The largest absolute Gasteiger partial charge is 0.495 e. The van der Waals surface area contributed by atoms with Crippen molar-refractivity contribution in [2.75, 3.05) is 12.8 Å². The van der Waals surface area contributed by atoms with E-state index < -0.39 is 0 Å². The molecule has 0 spiro atoms. The third kappa shape index (κ3) is 2.98. The lowest BCUT2D eigenvalue weighted by Crippen LogP contribution is -2.11. The minimum Gasteiger partial charge on any atom is -0.495 e. The van der Waals surface area contributed by atoms with Crippen LogP contribution in [-0.2, 0) is 19.4 Å². The average molecular weight is 412 g/mol.